The van der Waals surface area contributed by atoms with E-state index in [0.29, 0.717) is 0 Å². The Morgan fingerprint density at radius 3 is 2.71 bits per heavy atom. The van der Waals surface area contributed by atoms with E-state index in [1.807, 2.05) is 7.05 Å². The SMILES string of the molecule is CCCCc1nc2c(c(NC)n1)CCCCC2. The molecule has 0 radical (unpaired) electrons. The maximum atomic E-state index is 4.77. The van der Waals surface area contributed by atoms with Gasteiger partial charge in [-0.05, 0) is 32.1 Å². The standard InChI is InChI=1S/C14H23N3/c1-3-4-10-13-16-12-9-7-5-6-8-11(12)14(15-2)17-13/h3-10H2,1-2H3,(H,15,16,17). The zero-order chi connectivity index (χ0) is 12.1. The Labute approximate surface area is 104 Å². The van der Waals surface area contributed by atoms with Crippen LogP contribution in [0.15, 0.2) is 0 Å². The van der Waals surface area contributed by atoms with Crippen molar-refractivity contribution < 1.29 is 0 Å². The Kier molecular flexibility index (Phi) is 4.35. The summed E-state index contributed by atoms with van der Waals surface area (Å²) in [4.78, 5) is 9.43. The van der Waals surface area contributed by atoms with Crippen LogP contribution in [0.3, 0.4) is 0 Å². The Balaban J connectivity index is 2.29. The van der Waals surface area contributed by atoms with Crippen molar-refractivity contribution in [3.8, 4) is 0 Å². The van der Waals surface area contributed by atoms with Crippen LogP contribution in [-0.4, -0.2) is 17.0 Å². The first-order valence-electron chi connectivity index (χ1n) is 6.91. The highest BCUT2D eigenvalue weighted by molar-refractivity contribution is 5.46. The molecular formula is C14H23N3. The summed E-state index contributed by atoms with van der Waals surface area (Å²) in [5.74, 6) is 2.10. The van der Waals surface area contributed by atoms with E-state index in [9.17, 15) is 0 Å². The van der Waals surface area contributed by atoms with Crippen LogP contribution in [0.4, 0.5) is 5.82 Å². The van der Waals surface area contributed by atoms with Gasteiger partial charge in [0, 0.05) is 24.7 Å². The van der Waals surface area contributed by atoms with Crippen molar-refractivity contribution in [3.63, 3.8) is 0 Å². The van der Waals surface area contributed by atoms with Gasteiger partial charge in [0.15, 0.2) is 0 Å². The number of aromatic nitrogens is 2. The van der Waals surface area contributed by atoms with Crippen molar-refractivity contribution in [2.24, 2.45) is 0 Å². The molecule has 1 N–H and O–H groups in total. The van der Waals surface area contributed by atoms with Gasteiger partial charge in [0.25, 0.3) is 0 Å². The summed E-state index contributed by atoms with van der Waals surface area (Å²) >= 11 is 0. The van der Waals surface area contributed by atoms with Gasteiger partial charge < -0.3 is 5.32 Å². The highest BCUT2D eigenvalue weighted by Crippen LogP contribution is 2.24. The van der Waals surface area contributed by atoms with Crippen LogP contribution in [0.25, 0.3) is 0 Å². The van der Waals surface area contributed by atoms with Gasteiger partial charge in [0.1, 0.15) is 11.6 Å². The molecule has 94 valence electrons. The lowest BCUT2D eigenvalue weighted by Gasteiger charge is -2.12. The van der Waals surface area contributed by atoms with E-state index in [2.05, 4.69) is 17.2 Å². The van der Waals surface area contributed by atoms with Gasteiger partial charge in [-0.1, -0.05) is 19.8 Å². The summed E-state index contributed by atoms with van der Waals surface area (Å²) in [6.07, 6.45) is 9.55. The number of nitrogens with one attached hydrogen (secondary N) is 1. The Hall–Kier alpha value is -1.12. The Bertz CT molecular complexity index is 374. The third-order valence-corrected chi connectivity index (χ3v) is 3.47. The van der Waals surface area contributed by atoms with Crippen molar-refractivity contribution in [3.05, 3.63) is 17.1 Å². The highest BCUT2D eigenvalue weighted by atomic mass is 15.0. The molecule has 1 aromatic rings. The predicted octanol–water partition coefficient (Wildman–Crippen LogP) is 3.13. The van der Waals surface area contributed by atoms with E-state index in [4.69, 9.17) is 4.98 Å². The van der Waals surface area contributed by atoms with Gasteiger partial charge in [0.2, 0.25) is 0 Å². The second-order valence-electron chi connectivity index (χ2n) is 4.83. The van der Waals surface area contributed by atoms with Gasteiger partial charge in [0.05, 0.1) is 0 Å². The van der Waals surface area contributed by atoms with Crippen molar-refractivity contribution in [1.29, 1.82) is 0 Å². The minimum absolute atomic E-state index is 1.01. The van der Waals surface area contributed by atoms with Crippen LogP contribution in [0.2, 0.25) is 0 Å². The van der Waals surface area contributed by atoms with Crippen LogP contribution in [0.1, 0.15) is 56.1 Å². The summed E-state index contributed by atoms with van der Waals surface area (Å²) in [5.41, 5.74) is 2.67. The van der Waals surface area contributed by atoms with Crippen LogP contribution < -0.4 is 5.32 Å². The van der Waals surface area contributed by atoms with Gasteiger partial charge in [-0.2, -0.15) is 0 Å². The summed E-state index contributed by atoms with van der Waals surface area (Å²) in [5, 5.41) is 3.25. The number of hydrogen-bond acceptors (Lipinski definition) is 3. The van der Waals surface area contributed by atoms with Crippen LogP contribution in [0.5, 0.6) is 0 Å². The largest absolute Gasteiger partial charge is 0.373 e. The zero-order valence-electron chi connectivity index (χ0n) is 11.1. The fourth-order valence-corrected chi connectivity index (χ4v) is 2.48. The van der Waals surface area contributed by atoms with E-state index >= 15 is 0 Å². The number of unbranched alkanes of at least 4 members (excludes halogenated alkanes) is 1. The third-order valence-electron chi connectivity index (χ3n) is 3.47. The molecule has 0 amide bonds. The van der Waals surface area contributed by atoms with E-state index in [-0.39, 0.29) is 0 Å². The zero-order valence-corrected chi connectivity index (χ0v) is 11.1. The van der Waals surface area contributed by atoms with Gasteiger partial charge in [-0.3, -0.25) is 0 Å². The second-order valence-corrected chi connectivity index (χ2v) is 4.83. The lowest BCUT2D eigenvalue weighted by molar-refractivity contribution is 0.705. The molecular weight excluding hydrogens is 210 g/mol. The molecule has 0 fully saturated rings. The molecule has 0 spiro atoms. The molecule has 1 aliphatic carbocycles. The van der Waals surface area contributed by atoms with Crippen molar-refractivity contribution >= 4 is 5.82 Å². The first kappa shape index (κ1) is 12.3. The molecule has 0 atom stereocenters. The second kappa shape index (κ2) is 5.99. The molecule has 0 saturated carbocycles. The molecule has 1 aromatic heterocycles. The Morgan fingerprint density at radius 1 is 1.12 bits per heavy atom. The highest BCUT2D eigenvalue weighted by Gasteiger charge is 2.15. The van der Waals surface area contributed by atoms with Crippen LogP contribution in [0, 0.1) is 0 Å². The van der Waals surface area contributed by atoms with E-state index in [1.54, 1.807) is 0 Å². The van der Waals surface area contributed by atoms with Gasteiger partial charge >= 0.3 is 0 Å². The lowest BCUT2D eigenvalue weighted by Crippen LogP contribution is -2.09. The fourth-order valence-electron chi connectivity index (χ4n) is 2.48. The number of anilines is 1. The molecule has 3 heteroatoms. The van der Waals surface area contributed by atoms with Gasteiger partial charge in [-0.15, -0.1) is 0 Å². The topological polar surface area (TPSA) is 37.8 Å². The van der Waals surface area contributed by atoms with Crippen molar-refractivity contribution in [1.82, 2.24) is 9.97 Å². The molecule has 0 saturated heterocycles. The quantitative estimate of drug-likeness (QED) is 0.812. The minimum atomic E-state index is 1.01. The molecule has 1 heterocycles. The number of hydrogen-bond donors (Lipinski definition) is 1. The van der Waals surface area contributed by atoms with E-state index < -0.39 is 0 Å². The average Bonchev–Trinajstić information content (AvgIpc) is 2.60. The number of aryl methyl sites for hydroxylation is 2. The number of nitrogens with zero attached hydrogens (tertiary/aromatic N) is 2. The first-order chi connectivity index (χ1) is 8.35. The first-order valence-corrected chi connectivity index (χ1v) is 6.91. The molecule has 3 nitrogen and oxygen atoms in total. The molecule has 1 aliphatic rings. The smallest absolute Gasteiger partial charge is 0.132 e. The van der Waals surface area contributed by atoms with E-state index in [0.717, 1.165) is 30.9 Å². The van der Waals surface area contributed by atoms with Crippen LogP contribution in [-0.2, 0) is 19.3 Å². The molecule has 0 bridgehead atoms. The fraction of sp³-hybridized carbons (Fsp3) is 0.714. The average molecular weight is 233 g/mol. The minimum Gasteiger partial charge on any atom is -0.373 e. The summed E-state index contributed by atoms with van der Waals surface area (Å²) in [6, 6.07) is 0. The monoisotopic (exact) mass is 233 g/mol. The van der Waals surface area contributed by atoms with Crippen molar-refractivity contribution in [2.45, 2.75) is 58.3 Å². The van der Waals surface area contributed by atoms with Crippen molar-refractivity contribution in [2.75, 3.05) is 12.4 Å². The van der Waals surface area contributed by atoms with Gasteiger partial charge in [-0.25, -0.2) is 9.97 Å². The molecule has 0 unspecified atom stereocenters. The lowest BCUT2D eigenvalue weighted by atomic mass is 10.1. The predicted molar refractivity (Wildman–Crippen MR) is 71.4 cm³/mol. The third kappa shape index (κ3) is 2.96. The molecule has 2 rings (SSSR count). The van der Waals surface area contributed by atoms with E-state index in [1.165, 1.54) is 43.4 Å². The summed E-state index contributed by atoms with van der Waals surface area (Å²) in [6.45, 7) is 2.21. The molecule has 17 heavy (non-hydrogen) atoms. The Morgan fingerprint density at radius 2 is 1.94 bits per heavy atom. The molecule has 0 aromatic carbocycles. The maximum Gasteiger partial charge on any atom is 0.132 e. The normalized spacial score (nSPS) is 15.2. The number of rotatable bonds is 4. The summed E-state index contributed by atoms with van der Waals surface area (Å²) in [7, 11) is 1.97. The molecule has 0 aliphatic heterocycles. The summed E-state index contributed by atoms with van der Waals surface area (Å²) < 4.78 is 0. The van der Waals surface area contributed by atoms with Crippen LogP contribution >= 0.6 is 0 Å². The maximum absolute atomic E-state index is 4.77. The number of fused-ring (bicyclic) bond motifs is 1.